The van der Waals surface area contributed by atoms with E-state index in [1.54, 1.807) is 17.8 Å². The first-order valence-corrected chi connectivity index (χ1v) is 11.4. The zero-order valence-corrected chi connectivity index (χ0v) is 18.9. The van der Waals surface area contributed by atoms with E-state index in [-0.39, 0.29) is 17.2 Å². The summed E-state index contributed by atoms with van der Waals surface area (Å²) in [6.07, 6.45) is 3.30. The number of carbonyl (C=O) groups excluding carboxylic acids is 2. The number of benzene rings is 3. The fourth-order valence-corrected chi connectivity index (χ4v) is 4.69. The lowest BCUT2D eigenvalue weighted by Gasteiger charge is -2.25. The van der Waals surface area contributed by atoms with Gasteiger partial charge in [-0.3, -0.25) is 14.5 Å². The van der Waals surface area contributed by atoms with E-state index >= 15 is 0 Å². The summed E-state index contributed by atoms with van der Waals surface area (Å²) >= 11 is 1.61. The number of rotatable bonds is 6. The molecule has 32 heavy (non-hydrogen) atoms. The molecule has 0 aliphatic carbocycles. The average Bonchev–Trinajstić information content (AvgIpc) is 3.20. The molecule has 0 spiro atoms. The summed E-state index contributed by atoms with van der Waals surface area (Å²) in [7, 11) is 3.99. The Kier molecular flexibility index (Phi) is 6.61. The molecule has 162 valence electrons. The van der Waals surface area contributed by atoms with Gasteiger partial charge in [0.1, 0.15) is 5.37 Å². The minimum absolute atomic E-state index is 0.0876. The van der Waals surface area contributed by atoms with Gasteiger partial charge < -0.3 is 10.2 Å². The lowest BCUT2D eigenvalue weighted by Crippen LogP contribution is -2.27. The van der Waals surface area contributed by atoms with Crippen LogP contribution in [0.5, 0.6) is 0 Å². The molecule has 1 fully saturated rings. The minimum atomic E-state index is -0.186. The van der Waals surface area contributed by atoms with Crippen LogP contribution < -0.4 is 15.1 Å². The first-order chi connectivity index (χ1) is 15.5. The largest absolute Gasteiger partial charge is 0.378 e. The van der Waals surface area contributed by atoms with Crippen LogP contribution in [0.3, 0.4) is 0 Å². The van der Waals surface area contributed by atoms with Crippen LogP contribution in [0, 0.1) is 0 Å². The molecular weight excluding hydrogens is 418 g/mol. The molecule has 3 aromatic carbocycles. The Morgan fingerprint density at radius 2 is 1.69 bits per heavy atom. The molecule has 1 heterocycles. The second kappa shape index (κ2) is 9.75. The van der Waals surface area contributed by atoms with Crippen molar-refractivity contribution in [3.05, 3.63) is 96.1 Å². The van der Waals surface area contributed by atoms with Gasteiger partial charge in [-0.2, -0.15) is 0 Å². The number of hydrogen-bond acceptors (Lipinski definition) is 4. The number of nitrogens with zero attached hydrogens (tertiary/aromatic N) is 2. The standard InChI is InChI=1S/C26H25N3O2S/c1-28(2)22-13-15-23(16-14-22)29-25(31)18-32-26(29)20-9-11-21(12-10-20)27-24(30)17-8-19-6-4-3-5-7-19/h3-17,26H,18H2,1-2H3,(H,27,30)/b17-8+/t26-/m1/s1. The predicted octanol–water partition coefficient (Wildman–Crippen LogP) is 5.18. The third kappa shape index (κ3) is 5.03. The Morgan fingerprint density at radius 1 is 1.00 bits per heavy atom. The molecule has 1 atom stereocenters. The summed E-state index contributed by atoms with van der Waals surface area (Å²) in [4.78, 5) is 28.7. The Labute approximate surface area is 192 Å². The van der Waals surface area contributed by atoms with Crippen LogP contribution in [0.1, 0.15) is 16.5 Å². The van der Waals surface area contributed by atoms with E-state index in [4.69, 9.17) is 0 Å². The summed E-state index contributed by atoms with van der Waals surface area (Å²) in [5.74, 6) is 0.360. The highest BCUT2D eigenvalue weighted by Crippen LogP contribution is 2.42. The van der Waals surface area contributed by atoms with Gasteiger partial charge in [-0.1, -0.05) is 42.5 Å². The molecule has 1 saturated heterocycles. The topological polar surface area (TPSA) is 52.6 Å². The van der Waals surface area contributed by atoms with E-state index in [9.17, 15) is 9.59 Å². The molecule has 1 N–H and O–H groups in total. The van der Waals surface area contributed by atoms with Gasteiger partial charge in [-0.15, -0.1) is 11.8 Å². The van der Waals surface area contributed by atoms with E-state index < -0.39 is 0 Å². The molecule has 4 rings (SSSR count). The lowest BCUT2D eigenvalue weighted by atomic mass is 10.1. The fourth-order valence-electron chi connectivity index (χ4n) is 3.51. The smallest absolute Gasteiger partial charge is 0.248 e. The second-order valence-corrected chi connectivity index (χ2v) is 8.76. The Balaban J connectivity index is 1.45. The first kappa shape index (κ1) is 21.7. The molecule has 0 bridgehead atoms. The van der Waals surface area contributed by atoms with E-state index in [0.29, 0.717) is 11.4 Å². The Bertz CT molecular complexity index is 1110. The fraction of sp³-hybridized carbons (Fsp3) is 0.154. The SMILES string of the molecule is CN(C)c1ccc(N2C(=O)CS[C@@H]2c2ccc(NC(=O)/C=C/c3ccccc3)cc2)cc1. The van der Waals surface area contributed by atoms with Crippen molar-refractivity contribution in [3.63, 3.8) is 0 Å². The van der Waals surface area contributed by atoms with Crippen LogP contribution in [0.25, 0.3) is 6.08 Å². The van der Waals surface area contributed by atoms with Gasteiger partial charge >= 0.3 is 0 Å². The Morgan fingerprint density at radius 3 is 2.34 bits per heavy atom. The monoisotopic (exact) mass is 443 g/mol. The van der Waals surface area contributed by atoms with Gasteiger partial charge in [0, 0.05) is 37.2 Å². The quantitative estimate of drug-likeness (QED) is 0.533. The van der Waals surface area contributed by atoms with Crippen molar-refractivity contribution in [2.75, 3.05) is 35.0 Å². The number of thioether (sulfide) groups is 1. The van der Waals surface area contributed by atoms with Gasteiger partial charge in [-0.05, 0) is 53.6 Å². The highest BCUT2D eigenvalue weighted by atomic mass is 32.2. The molecule has 0 radical (unpaired) electrons. The Hall–Kier alpha value is -3.51. The molecule has 1 aliphatic heterocycles. The van der Waals surface area contributed by atoms with Crippen molar-refractivity contribution >= 4 is 46.7 Å². The van der Waals surface area contributed by atoms with E-state index in [1.165, 1.54) is 6.08 Å². The summed E-state index contributed by atoms with van der Waals surface area (Å²) in [5.41, 5.74) is 4.69. The van der Waals surface area contributed by atoms with Crippen molar-refractivity contribution in [2.24, 2.45) is 0 Å². The van der Waals surface area contributed by atoms with E-state index in [2.05, 4.69) is 5.32 Å². The summed E-state index contributed by atoms with van der Waals surface area (Å²) < 4.78 is 0. The number of amides is 2. The zero-order valence-electron chi connectivity index (χ0n) is 18.1. The number of carbonyl (C=O) groups is 2. The van der Waals surface area contributed by atoms with Gasteiger partial charge in [0.25, 0.3) is 0 Å². The highest BCUT2D eigenvalue weighted by Gasteiger charge is 2.34. The molecular formula is C26H25N3O2S. The van der Waals surface area contributed by atoms with Gasteiger partial charge in [-0.25, -0.2) is 0 Å². The lowest BCUT2D eigenvalue weighted by molar-refractivity contribution is -0.116. The zero-order chi connectivity index (χ0) is 22.5. The number of nitrogens with one attached hydrogen (secondary N) is 1. The number of hydrogen-bond donors (Lipinski definition) is 1. The molecule has 1 aliphatic rings. The van der Waals surface area contributed by atoms with Crippen LogP contribution in [0.4, 0.5) is 17.1 Å². The number of anilines is 3. The third-order valence-corrected chi connectivity index (χ3v) is 6.41. The predicted molar refractivity (Wildman–Crippen MR) is 134 cm³/mol. The highest BCUT2D eigenvalue weighted by molar-refractivity contribution is 8.00. The van der Waals surface area contributed by atoms with Gasteiger partial charge in [0.2, 0.25) is 11.8 Å². The first-order valence-electron chi connectivity index (χ1n) is 10.4. The maximum Gasteiger partial charge on any atom is 0.248 e. The van der Waals surface area contributed by atoms with Crippen molar-refractivity contribution in [1.29, 1.82) is 0 Å². The third-order valence-electron chi connectivity index (χ3n) is 5.20. The molecule has 3 aromatic rings. The average molecular weight is 444 g/mol. The molecule has 0 unspecified atom stereocenters. The second-order valence-electron chi connectivity index (χ2n) is 7.69. The van der Waals surface area contributed by atoms with Crippen LogP contribution >= 0.6 is 11.8 Å². The molecule has 0 aromatic heterocycles. The van der Waals surface area contributed by atoms with Crippen LogP contribution in [-0.2, 0) is 9.59 Å². The van der Waals surface area contributed by atoms with Crippen molar-refractivity contribution in [2.45, 2.75) is 5.37 Å². The summed E-state index contributed by atoms with van der Waals surface area (Å²) in [6, 6.07) is 25.4. The molecule has 2 amide bonds. The normalized spacial score (nSPS) is 15.9. The molecule has 6 heteroatoms. The summed E-state index contributed by atoms with van der Waals surface area (Å²) in [6.45, 7) is 0. The van der Waals surface area contributed by atoms with Crippen LogP contribution in [0.2, 0.25) is 0 Å². The van der Waals surface area contributed by atoms with Gasteiger partial charge in [0.15, 0.2) is 0 Å². The minimum Gasteiger partial charge on any atom is -0.378 e. The van der Waals surface area contributed by atoms with Crippen LogP contribution in [0.15, 0.2) is 84.9 Å². The maximum absolute atomic E-state index is 12.6. The molecule has 0 saturated carbocycles. The van der Waals surface area contributed by atoms with E-state index in [1.807, 2.05) is 103 Å². The van der Waals surface area contributed by atoms with Crippen molar-refractivity contribution in [1.82, 2.24) is 0 Å². The maximum atomic E-state index is 12.6. The van der Waals surface area contributed by atoms with Crippen molar-refractivity contribution < 1.29 is 9.59 Å². The summed E-state index contributed by atoms with van der Waals surface area (Å²) in [5, 5.41) is 2.79. The van der Waals surface area contributed by atoms with Gasteiger partial charge in [0.05, 0.1) is 5.75 Å². The molecule has 5 nitrogen and oxygen atoms in total. The van der Waals surface area contributed by atoms with Crippen LogP contribution in [-0.4, -0.2) is 31.7 Å². The van der Waals surface area contributed by atoms with Crippen molar-refractivity contribution in [3.8, 4) is 0 Å². The van der Waals surface area contributed by atoms with E-state index in [0.717, 1.165) is 22.5 Å².